The largest absolute Gasteiger partial charge is 0.314 e. The molecule has 0 saturated carbocycles. The number of nitrogens with zero attached hydrogens (tertiary/aromatic N) is 1. The molecule has 0 radical (unpaired) electrons. The van der Waals surface area contributed by atoms with Gasteiger partial charge in [-0.3, -0.25) is 4.79 Å². The maximum atomic E-state index is 11.5. The third kappa shape index (κ3) is 6.57. The number of aromatic amines is 1. The van der Waals surface area contributed by atoms with Crippen molar-refractivity contribution < 1.29 is 0 Å². The van der Waals surface area contributed by atoms with Crippen molar-refractivity contribution >= 4 is 11.8 Å². The van der Waals surface area contributed by atoms with Gasteiger partial charge < -0.3 is 10.3 Å². The average Bonchev–Trinajstić information content (AvgIpc) is 2.42. The number of H-pyrrole nitrogens is 1. The summed E-state index contributed by atoms with van der Waals surface area (Å²) in [4.78, 5) is 18.8. The fraction of sp³-hybridized carbons (Fsp3) is 0.733. The lowest BCUT2D eigenvalue weighted by molar-refractivity contribution is 0.477. The van der Waals surface area contributed by atoms with E-state index in [0.29, 0.717) is 6.04 Å². The van der Waals surface area contributed by atoms with Gasteiger partial charge in [-0.2, -0.15) is 0 Å². The Hall–Kier alpha value is -0.810. The van der Waals surface area contributed by atoms with E-state index in [-0.39, 0.29) is 5.56 Å². The predicted octanol–water partition coefficient (Wildman–Crippen LogP) is 2.98. The zero-order valence-electron chi connectivity index (χ0n) is 12.9. The van der Waals surface area contributed by atoms with E-state index in [0.717, 1.165) is 42.4 Å². The molecule has 0 bridgehead atoms. The minimum atomic E-state index is -0.0370. The summed E-state index contributed by atoms with van der Waals surface area (Å²) < 4.78 is 0. The second kappa shape index (κ2) is 10.00. The number of nitrogens with one attached hydrogen (secondary N) is 2. The van der Waals surface area contributed by atoms with Gasteiger partial charge >= 0.3 is 0 Å². The van der Waals surface area contributed by atoms with Crippen LogP contribution in [0.1, 0.15) is 52.1 Å². The molecule has 1 unspecified atom stereocenters. The summed E-state index contributed by atoms with van der Waals surface area (Å²) in [6.07, 6.45) is 5.37. The molecular weight excluding hydrogens is 270 g/mol. The van der Waals surface area contributed by atoms with Crippen molar-refractivity contribution in [2.75, 3.05) is 12.3 Å². The highest BCUT2D eigenvalue weighted by molar-refractivity contribution is 7.99. The van der Waals surface area contributed by atoms with E-state index in [1.54, 1.807) is 17.8 Å². The van der Waals surface area contributed by atoms with Crippen LogP contribution >= 0.6 is 11.8 Å². The van der Waals surface area contributed by atoms with Crippen LogP contribution < -0.4 is 10.9 Å². The molecule has 0 aromatic carbocycles. The first-order valence-corrected chi connectivity index (χ1v) is 8.64. The number of aromatic nitrogens is 2. The lowest BCUT2D eigenvalue weighted by Gasteiger charge is -2.14. The molecule has 1 aromatic heterocycles. The van der Waals surface area contributed by atoms with Crippen LogP contribution in [0, 0.1) is 0 Å². The molecule has 114 valence electrons. The van der Waals surface area contributed by atoms with E-state index < -0.39 is 0 Å². The summed E-state index contributed by atoms with van der Waals surface area (Å²) in [5.41, 5.74) is 0.864. The van der Waals surface area contributed by atoms with Gasteiger partial charge in [0.05, 0.1) is 0 Å². The van der Waals surface area contributed by atoms with Gasteiger partial charge in [0.1, 0.15) is 0 Å². The van der Waals surface area contributed by atoms with E-state index in [9.17, 15) is 4.79 Å². The lowest BCUT2D eigenvalue weighted by atomic mass is 10.1. The Balaban J connectivity index is 2.39. The summed E-state index contributed by atoms with van der Waals surface area (Å²) in [6, 6.07) is 2.21. The summed E-state index contributed by atoms with van der Waals surface area (Å²) >= 11 is 1.65. The van der Waals surface area contributed by atoms with Crippen molar-refractivity contribution in [2.24, 2.45) is 0 Å². The second-order valence-corrected chi connectivity index (χ2v) is 6.03. The molecule has 1 atom stereocenters. The molecule has 0 spiro atoms. The Labute approximate surface area is 126 Å². The lowest BCUT2D eigenvalue weighted by Crippen LogP contribution is -2.28. The van der Waals surface area contributed by atoms with Crippen LogP contribution in [-0.2, 0) is 6.42 Å². The molecular formula is C15H27N3OS. The molecule has 20 heavy (non-hydrogen) atoms. The van der Waals surface area contributed by atoms with Gasteiger partial charge in [-0.1, -0.05) is 39.0 Å². The summed E-state index contributed by atoms with van der Waals surface area (Å²) in [6.45, 7) is 7.49. The maximum Gasteiger partial charge on any atom is 0.251 e. The number of thioether (sulfide) groups is 1. The Bertz CT molecular complexity index is 433. The number of rotatable bonds is 10. The standard InChI is InChI=1S/C15H27N3OS/c1-4-8-13-11-14(19)18-15(17-13)20-10-7-9-12(5-2)16-6-3/h11-12,16H,4-10H2,1-3H3,(H,17,18,19). The molecule has 0 aliphatic carbocycles. The predicted molar refractivity (Wildman–Crippen MR) is 86.6 cm³/mol. The van der Waals surface area contributed by atoms with E-state index in [2.05, 4.69) is 36.1 Å². The van der Waals surface area contributed by atoms with Crippen LogP contribution in [0.25, 0.3) is 0 Å². The minimum absolute atomic E-state index is 0.0370. The van der Waals surface area contributed by atoms with Crippen molar-refractivity contribution in [3.63, 3.8) is 0 Å². The van der Waals surface area contributed by atoms with Crippen molar-refractivity contribution in [2.45, 2.75) is 64.1 Å². The Morgan fingerprint density at radius 2 is 2.20 bits per heavy atom. The van der Waals surface area contributed by atoms with Crippen LogP contribution in [0.2, 0.25) is 0 Å². The number of aryl methyl sites for hydroxylation is 1. The smallest absolute Gasteiger partial charge is 0.251 e. The Kier molecular flexibility index (Phi) is 8.62. The zero-order chi connectivity index (χ0) is 14.8. The zero-order valence-corrected chi connectivity index (χ0v) is 13.7. The van der Waals surface area contributed by atoms with Gasteiger partial charge in [-0.15, -0.1) is 0 Å². The highest BCUT2D eigenvalue weighted by atomic mass is 32.2. The third-order valence-electron chi connectivity index (χ3n) is 3.20. The van der Waals surface area contributed by atoms with Gasteiger partial charge in [-0.05, 0) is 32.2 Å². The van der Waals surface area contributed by atoms with Crippen molar-refractivity contribution in [1.82, 2.24) is 15.3 Å². The van der Waals surface area contributed by atoms with Crippen molar-refractivity contribution in [3.8, 4) is 0 Å². The Morgan fingerprint density at radius 1 is 1.40 bits per heavy atom. The molecule has 5 heteroatoms. The molecule has 4 nitrogen and oxygen atoms in total. The normalized spacial score (nSPS) is 12.6. The fourth-order valence-electron chi connectivity index (χ4n) is 2.17. The molecule has 2 N–H and O–H groups in total. The van der Waals surface area contributed by atoms with Gasteiger partial charge in [-0.25, -0.2) is 4.98 Å². The van der Waals surface area contributed by atoms with Crippen LogP contribution in [0.15, 0.2) is 16.0 Å². The summed E-state index contributed by atoms with van der Waals surface area (Å²) in [5.74, 6) is 1.00. The van der Waals surface area contributed by atoms with E-state index in [1.165, 1.54) is 12.8 Å². The van der Waals surface area contributed by atoms with Gasteiger partial charge in [0.15, 0.2) is 5.16 Å². The Morgan fingerprint density at radius 3 is 2.85 bits per heavy atom. The monoisotopic (exact) mass is 297 g/mol. The van der Waals surface area contributed by atoms with Crippen LogP contribution in [0.4, 0.5) is 0 Å². The van der Waals surface area contributed by atoms with Crippen molar-refractivity contribution in [1.29, 1.82) is 0 Å². The number of hydrogen-bond donors (Lipinski definition) is 2. The van der Waals surface area contributed by atoms with Crippen LogP contribution in [0.3, 0.4) is 0 Å². The SMILES string of the molecule is CCCc1cc(=O)[nH]c(SCCCC(CC)NCC)n1. The van der Waals surface area contributed by atoms with E-state index >= 15 is 0 Å². The number of hydrogen-bond acceptors (Lipinski definition) is 4. The average molecular weight is 297 g/mol. The van der Waals surface area contributed by atoms with E-state index in [4.69, 9.17) is 0 Å². The highest BCUT2D eigenvalue weighted by Crippen LogP contribution is 2.15. The first-order valence-electron chi connectivity index (χ1n) is 7.66. The summed E-state index contributed by atoms with van der Waals surface area (Å²) in [5, 5.41) is 4.24. The highest BCUT2D eigenvalue weighted by Gasteiger charge is 2.05. The quantitative estimate of drug-likeness (QED) is 0.396. The molecule has 1 heterocycles. The van der Waals surface area contributed by atoms with Crippen LogP contribution in [-0.4, -0.2) is 28.3 Å². The first-order chi connectivity index (χ1) is 9.69. The van der Waals surface area contributed by atoms with Crippen LogP contribution in [0.5, 0.6) is 0 Å². The first kappa shape index (κ1) is 17.2. The topological polar surface area (TPSA) is 57.8 Å². The van der Waals surface area contributed by atoms with Gasteiger partial charge in [0.25, 0.3) is 5.56 Å². The second-order valence-electron chi connectivity index (χ2n) is 4.95. The third-order valence-corrected chi connectivity index (χ3v) is 4.16. The fourth-order valence-corrected chi connectivity index (χ4v) is 3.03. The molecule has 0 aliphatic heterocycles. The van der Waals surface area contributed by atoms with Crippen molar-refractivity contribution in [3.05, 3.63) is 22.1 Å². The molecule has 0 saturated heterocycles. The van der Waals surface area contributed by atoms with Gasteiger partial charge in [0, 0.05) is 23.6 Å². The van der Waals surface area contributed by atoms with E-state index in [1.807, 2.05) is 0 Å². The molecule has 1 rings (SSSR count). The molecule has 0 fully saturated rings. The minimum Gasteiger partial charge on any atom is -0.314 e. The maximum absolute atomic E-state index is 11.5. The molecule has 1 aromatic rings. The molecule has 0 amide bonds. The van der Waals surface area contributed by atoms with Gasteiger partial charge in [0.2, 0.25) is 0 Å². The summed E-state index contributed by atoms with van der Waals surface area (Å²) in [7, 11) is 0. The molecule has 0 aliphatic rings.